The van der Waals surface area contributed by atoms with Crippen LogP contribution < -0.4 is 9.80 Å². The van der Waals surface area contributed by atoms with E-state index in [0.29, 0.717) is 6.04 Å². The van der Waals surface area contributed by atoms with Gasteiger partial charge in [0.25, 0.3) is 0 Å². The molecule has 0 saturated carbocycles. The summed E-state index contributed by atoms with van der Waals surface area (Å²) in [6.07, 6.45) is 0. The van der Waals surface area contributed by atoms with Crippen molar-refractivity contribution < 1.29 is 0 Å². The molecule has 128 valence electrons. The van der Waals surface area contributed by atoms with Gasteiger partial charge in [-0.3, -0.25) is 0 Å². The summed E-state index contributed by atoms with van der Waals surface area (Å²) < 4.78 is 0. The number of likely N-dealkylation sites (N-methyl/N-ethyl adjacent to an activating group) is 2. The van der Waals surface area contributed by atoms with Gasteiger partial charge in [-0.25, -0.2) is 9.98 Å². The maximum Gasteiger partial charge on any atom is 0.147 e. The molecule has 0 radical (unpaired) electrons. The van der Waals surface area contributed by atoms with E-state index in [9.17, 15) is 0 Å². The number of halogens is 1. The molecule has 1 unspecified atom stereocenters. The van der Waals surface area contributed by atoms with E-state index in [2.05, 4.69) is 35.4 Å². The molecule has 1 fully saturated rings. The van der Waals surface area contributed by atoms with Crippen LogP contribution in [0.4, 0.5) is 11.5 Å². The summed E-state index contributed by atoms with van der Waals surface area (Å²) in [5.74, 6) is 2.59. The van der Waals surface area contributed by atoms with Crippen molar-refractivity contribution in [1.29, 1.82) is 0 Å². The summed E-state index contributed by atoms with van der Waals surface area (Å²) in [6.45, 7) is 9.98. The molecule has 3 aliphatic rings. The minimum absolute atomic E-state index is 0.375. The number of pyridine rings is 1. The monoisotopic (exact) mass is 346 g/mol. The summed E-state index contributed by atoms with van der Waals surface area (Å²) in [4.78, 5) is 18.6. The number of aryl methyl sites for hydroxylation is 1. The van der Waals surface area contributed by atoms with Crippen molar-refractivity contribution in [3.63, 3.8) is 0 Å². The van der Waals surface area contributed by atoms with Gasteiger partial charge in [-0.2, -0.15) is 0 Å². The zero-order valence-corrected chi connectivity index (χ0v) is 15.4. The van der Waals surface area contributed by atoms with Crippen molar-refractivity contribution >= 4 is 28.9 Å². The van der Waals surface area contributed by atoms with Gasteiger partial charge in [0.2, 0.25) is 0 Å². The highest BCUT2D eigenvalue weighted by molar-refractivity contribution is 6.35. The predicted octanol–water partition coefficient (Wildman–Crippen LogP) is 1.78. The van der Waals surface area contributed by atoms with Crippen LogP contribution in [0.3, 0.4) is 0 Å². The highest BCUT2D eigenvalue weighted by atomic mass is 35.5. The number of nitrogens with zero attached hydrogens (tertiary/aromatic N) is 6. The Hall–Kier alpha value is -1.79. The lowest BCUT2D eigenvalue weighted by atomic mass is 10.1. The highest BCUT2D eigenvalue weighted by Crippen LogP contribution is 2.42. The minimum Gasteiger partial charge on any atom is -0.371 e. The van der Waals surface area contributed by atoms with E-state index in [-0.39, 0.29) is 0 Å². The van der Waals surface area contributed by atoms with Crippen molar-refractivity contribution in [3.8, 4) is 0 Å². The first kappa shape index (κ1) is 15.7. The van der Waals surface area contributed by atoms with E-state index in [0.717, 1.165) is 65.6 Å². The van der Waals surface area contributed by atoms with Crippen LogP contribution in [0.15, 0.2) is 17.4 Å². The van der Waals surface area contributed by atoms with E-state index >= 15 is 0 Å². The quantitative estimate of drug-likeness (QED) is 0.716. The van der Waals surface area contributed by atoms with Gasteiger partial charge in [0.15, 0.2) is 0 Å². The third kappa shape index (κ3) is 2.13. The van der Waals surface area contributed by atoms with Crippen LogP contribution in [0.25, 0.3) is 0 Å². The standard InChI is InChI=1S/C17H23ClN6/c1-10-14(18)15-13-16(19-10)23(5)11(2)20-17(13)24-7-6-21(3)8-12(24)9-22(15)4/h12H,2,6-9H2,1,3-5H3. The lowest BCUT2D eigenvalue weighted by Gasteiger charge is -2.42. The molecule has 4 heterocycles. The first-order chi connectivity index (χ1) is 11.4. The number of hydrogen-bond donors (Lipinski definition) is 0. The molecule has 6 nitrogen and oxygen atoms in total. The number of amidine groups is 1. The largest absolute Gasteiger partial charge is 0.371 e. The molecule has 0 N–H and O–H groups in total. The molecule has 0 bridgehead atoms. The number of piperazine rings is 1. The van der Waals surface area contributed by atoms with E-state index in [4.69, 9.17) is 21.6 Å². The number of aromatic nitrogens is 1. The molecule has 7 heteroatoms. The third-order valence-electron chi connectivity index (χ3n) is 5.25. The molecule has 0 aromatic carbocycles. The molecule has 0 spiro atoms. The fourth-order valence-electron chi connectivity index (χ4n) is 3.89. The number of anilines is 2. The molecule has 1 atom stereocenters. The summed E-state index contributed by atoms with van der Waals surface area (Å²) in [5, 5.41) is 0.720. The van der Waals surface area contributed by atoms with Crippen molar-refractivity contribution in [3.05, 3.63) is 28.7 Å². The molecule has 4 rings (SSSR count). The molecule has 0 amide bonds. The van der Waals surface area contributed by atoms with Crippen LogP contribution in [-0.4, -0.2) is 74.0 Å². The Labute approximate surface area is 148 Å². The third-order valence-corrected chi connectivity index (χ3v) is 5.70. The minimum atomic E-state index is 0.375. The SMILES string of the molecule is C=C1N=C2c3c(nc(C)c(Cl)c3N(C)CC3CN(C)CCN23)N1C. The number of aliphatic imine (C=N–C) groups is 1. The van der Waals surface area contributed by atoms with Crippen molar-refractivity contribution in [2.75, 3.05) is 57.1 Å². The zero-order chi connectivity index (χ0) is 17.2. The summed E-state index contributed by atoms with van der Waals surface area (Å²) in [5.41, 5.74) is 2.92. The maximum atomic E-state index is 6.68. The first-order valence-corrected chi connectivity index (χ1v) is 8.64. The van der Waals surface area contributed by atoms with Gasteiger partial charge in [-0.15, -0.1) is 0 Å². The van der Waals surface area contributed by atoms with Gasteiger partial charge in [-0.1, -0.05) is 18.2 Å². The second-order valence-corrected chi connectivity index (χ2v) is 7.34. The van der Waals surface area contributed by atoms with Gasteiger partial charge < -0.3 is 19.6 Å². The second-order valence-electron chi connectivity index (χ2n) is 6.96. The summed E-state index contributed by atoms with van der Waals surface area (Å²) in [7, 11) is 6.25. The van der Waals surface area contributed by atoms with Crippen LogP contribution in [0.2, 0.25) is 5.02 Å². The molecule has 3 aliphatic heterocycles. The molecular formula is C17H23ClN6. The van der Waals surface area contributed by atoms with E-state index < -0.39 is 0 Å². The van der Waals surface area contributed by atoms with Crippen molar-refractivity contribution in [1.82, 2.24) is 14.8 Å². The highest BCUT2D eigenvalue weighted by Gasteiger charge is 2.39. The molecule has 1 aromatic heterocycles. The van der Waals surface area contributed by atoms with Crippen LogP contribution in [0, 0.1) is 6.92 Å². The van der Waals surface area contributed by atoms with E-state index in [1.165, 1.54) is 0 Å². The first-order valence-electron chi connectivity index (χ1n) is 8.26. The van der Waals surface area contributed by atoms with Crippen LogP contribution in [-0.2, 0) is 0 Å². The average Bonchev–Trinajstić information content (AvgIpc) is 2.64. The molecule has 1 aromatic rings. The number of hydrogen-bond acceptors (Lipinski definition) is 6. The summed E-state index contributed by atoms with van der Waals surface area (Å²) in [6, 6.07) is 0.375. The van der Waals surface area contributed by atoms with Gasteiger partial charge in [0.1, 0.15) is 17.5 Å². The lowest BCUT2D eigenvalue weighted by Crippen LogP contribution is -2.56. The van der Waals surface area contributed by atoms with E-state index in [1.54, 1.807) is 0 Å². The van der Waals surface area contributed by atoms with Gasteiger partial charge in [0, 0.05) is 40.3 Å². The maximum absolute atomic E-state index is 6.68. The Morgan fingerprint density at radius 2 is 1.92 bits per heavy atom. The smallest absolute Gasteiger partial charge is 0.147 e. The average molecular weight is 347 g/mol. The summed E-state index contributed by atoms with van der Waals surface area (Å²) >= 11 is 6.68. The Morgan fingerprint density at radius 1 is 1.17 bits per heavy atom. The van der Waals surface area contributed by atoms with Gasteiger partial charge in [0.05, 0.1) is 28.0 Å². The van der Waals surface area contributed by atoms with Gasteiger partial charge >= 0.3 is 0 Å². The predicted molar refractivity (Wildman–Crippen MR) is 99.3 cm³/mol. The number of rotatable bonds is 0. The Kier molecular flexibility index (Phi) is 3.51. The fraction of sp³-hybridized carbons (Fsp3) is 0.529. The van der Waals surface area contributed by atoms with Crippen LogP contribution in [0.5, 0.6) is 0 Å². The van der Waals surface area contributed by atoms with Crippen LogP contribution >= 0.6 is 11.6 Å². The molecule has 0 aliphatic carbocycles. The number of fused-ring (bicyclic) bond motifs is 2. The Bertz CT molecular complexity index is 758. The molecule has 1 saturated heterocycles. The van der Waals surface area contributed by atoms with Crippen LogP contribution in [0.1, 0.15) is 11.3 Å². The van der Waals surface area contributed by atoms with Gasteiger partial charge in [-0.05, 0) is 14.0 Å². The Balaban J connectivity index is 1.98. The van der Waals surface area contributed by atoms with Crippen molar-refractivity contribution in [2.24, 2.45) is 4.99 Å². The fourth-order valence-corrected chi connectivity index (χ4v) is 4.18. The van der Waals surface area contributed by atoms with E-state index in [1.807, 2.05) is 18.9 Å². The normalized spacial score (nSPS) is 23.7. The zero-order valence-electron chi connectivity index (χ0n) is 14.7. The van der Waals surface area contributed by atoms with Crippen molar-refractivity contribution in [2.45, 2.75) is 13.0 Å². The lowest BCUT2D eigenvalue weighted by molar-refractivity contribution is 0.156. The molecular weight excluding hydrogens is 324 g/mol. The molecule has 24 heavy (non-hydrogen) atoms. The second kappa shape index (κ2) is 5.36. The topological polar surface area (TPSA) is 38.2 Å². The Morgan fingerprint density at radius 3 is 2.67 bits per heavy atom.